The summed E-state index contributed by atoms with van der Waals surface area (Å²) in [6, 6.07) is 7.51. The summed E-state index contributed by atoms with van der Waals surface area (Å²) < 4.78 is 0. The second-order valence-corrected chi connectivity index (χ2v) is 6.17. The van der Waals surface area contributed by atoms with Crippen molar-refractivity contribution < 1.29 is 5.11 Å². The summed E-state index contributed by atoms with van der Waals surface area (Å²) in [5, 5.41) is 12.9. The summed E-state index contributed by atoms with van der Waals surface area (Å²) in [6.45, 7) is 3.64. The van der Waals surface area contributed by atoms with Crippen LogP contribution in [0.25, 0.3) is 0 Å². The van der Waals surface area contributed by atoms with Gasteiger partial charge in [-0.2, -0.15) is 0 Å². The SMILES string of the molecule is CCC1SC2=NCCN2C1(O)c1cccc(Cl)c1. The largest absolute Gasteiger partial charge is 0.366 e. The molecule has 5 heteroatoms. The topological polar surface area (TPSA) is 35.8 Å². The first-order valence-electron chi connectivity index (χ1n) is 6.13. The van der Waals surface area contributed by atoms with Crippen LogP contribution < -0.4 is 0 Å². The van der Waals surface area contributed by atoms with Gasteiger partial charge in [-0.25, -0.2) is 0 Å². The van der Waals surface area contributed by atoms with Gasteiger partial charge in [-0.15, -0.1) is 0 Å². The number of aliphatic imine (C=N–C) groups is 1. The lowest BCUT2D eigenvalue weighted by Gasteiger charge is -2.36. The number of halogens is 1. The lowest BCUT2D eigenvalue weighted by molar-refractivity contribution is -0.0663. The quantitative estimate of drug-likeness (QED) is 0.906. The summed E-state index contributed by atoms with van der Waals surface area (Å²) in [4.78, 5) is 6.46. The zero-order chi connectivity index (χ0) is 12.8. The van der Waals surface area contributed by atoms with Crippen molar-refractivity contribution in [2.24, 2.45) is 4.99 Å². The third-order valence-corrected chi connectivity index (χ3v) is 5.27. The van der Waals surface area contributed by atoms with E-state index in [4.69, 9.17) is 11.6 Å². The van der Waals surface area contributed by atoms with E-state index < -0.39 is 5.72 Å². The highest BCUT2D eigenvalue weighted by molar-refractivity contribution is 8.14. The highest BCUT2D eigenvalue weighted by atomic mass is 35.5. The molecule has 1 fully saturated rings. The van der Waals surface area contributed by atoms with E-state index in [0.29, 0.717) is 5.02 Å². The van der Waals surface area contributed by atoms with Crippen molar-refractivity contribution in [1.29, 1.82) is 0 Å². The molecule has 0 aliphatic carbocycles. The molecule has 0 aromatic heterocycles. The molecule has 2 unspecified atom stereocenters. The molecule has 0 spiro atoms. The molecule has 1 aromatic rings. The van der Waals surface area contributed by atoms with E-state index in [1.54, 1.807) is 11.8 Å². The van der Waals surface area contributed by atoms with Gasteiger partial charge in [0.1, 0.15) is 0 Å². The van der Waals surface area contributed by atoms with Crippen LogP contribution in [0.1, 0.15) is 18.9 Å². The van der Waals surface area contributed by atoms with Crippen LogP contribution in [0.3, 0.4) is 0 Å². The average molecular weight is 283 g/mol. The lowest BCUT2D eigenvalue weighted by atomic mass is 9.96. The van der Waals surface area contributed by atoms with Crippen LogP contribution >= 0.6 is 23.4 Å². The van der Waals surface area contributed by atoms with Crippen molar-refractivity contribution in [1.82, 2.24) is 4.90 Å². The van der Waals surface area contributed by atoms with Crippen LogP contribution in [0.5, 0.6) is 0 Å². The molecule has 2 heterocycles. The maximum absolute atomic E-state index is 11.2. The predicted molar refractivity (Wildman–Crippen MR) is 76.0 cm³/mol. The molecule has 2 aliphatic rings. The Morgan fingerprint density at radius 3 is 3.17 bits per heavy atom. The molecule has 0 amide bonds. The first kappa shape index (κ1) is 12.3. The molecule has 96 valence electrons. The van der Waals surface area contributed by atoms with E-state index in [2.05, 4.69) is 11.9 Å². The number of amidine groups is 1. The molecule has 0 radical (unpaired) electrons. The maximum Gasteiger partial charge on any atom is 0.178 e. The number of aliphatic hydroxyl groups is 1. The highest BCUT2D eigenvalue weighted by Crippen LogP contribution is 2.47. The normalized spacial score (nSPS) is 30.5. The second-order valence-electron chi connectivity index (χ2n) is 4.57. The van der Waals surface area contributed by atoms with Crippen molar-refractivity contribution in [3.05, 3.63) is 34.9 Å². The van der Waals surface area contributed by atoms with E-state index in [1.165, 1.54) is 0 Å². The Balaban J connectivity index is 2.08. The molecule has 1 aromatic carbocycles. The summed E-state index contributed by atoms with van der Waals surface area (Å²) >= 11 is 7.72. The fourth-order valence-electron chi connectivity index (χ4n) is 2.65. The number of nitrogens with zero attached hydrogens (tertiary/aromatic N) is 2. The minimum atomic E-state index is -0.973. The minimum absolute atomic E-state index is 0.106. The van der Waals surface area contributed by atoms with Gasteiger partial charge in [-0.3, -0.25) is 4.99 Å². The smallest absolute Gasteiger partial charge is 0.178 e. The lowest BCUT2D eigenvalue weighted by Crippen LogP contribution is -2.47. The van der Waals surface area contributed by atoms with E-state index in [9.17, 15) is 5.11 Å². The standard InChI is InChI=1S/C13H15ClN2OS/c1-2-11-13(17,9-4-3-5-10(14)8-9)16-7-6-15-12(16)18-11/h3-5,8,11,17H,2,6-7H2,1H3. The van der Waals surface area contributed by atoms with Crippen molar-refractivity contribution >= 4 is 28.5 Å². The van der Waals surface area contributed by atoms with Crippen LogP contribution in [0.2, 0.25) is 5.02 Å². The van der Waals surface area contributed by atoms with Crippen molar-refractivity contribution in [2.45, 2.75) is 24.3 Å². The van der Waals surface area contributed by atoms with Gasteiger partial charge >= 0.3 is 0 Å². The van der Waals surface area contributed by atoms with Crippen LogP contribution in [0.15, 0.2) is 29.3 Å². The van der Waals surface area contributed by atoms with Gasteiger partial charge in [-0.05, 0) is 18.6 Å². The molecule has 3 rings (SSSR count). The number of hydrogen-bond acceptors (Lipinski definition) is 4. The Bertz CT molecular complexity index is 508. The van der Waals surface area contributed by atoms with E-state index in [0.717, 1.165) is 30.2 Å². The molecule has 0 bridgehead atoms. The number of thioether (sulfide) groups is 1. The van der Waals surface area contributed by atoms with Gasteiger partial charge in [0, 0.05) is 17.1 Å². The van der Waals surface area contributed by atoms with Gasteiger partial charge < -0.3 is 10.0 Å². The fraction of sp³-hybridized carbons (Fsp3) is 0.462. The van der Waals surface area contributed by atoms with Gasteiger partial charge in [0.25, 0.3) is 0 Å². The first-order chi connectivity index (χ1) is 8.66. The monoisotopic (exact) mass is 282 g/mol. The molecule has 2 aliphatic heterocycles. The zero-order valence-corrected chi connectivity index (χ0v) is 11.7. The van der Waals surface area contributed by atoms with Crippen molar-refractivity contribution in [3.8, 4) is 0 Å². The summed E-state index contributed by atoms with van der Waals surface area (Å²) in [5.41, 5.74) is -0.110. The number of hydrogen-bond donors (Lipinski definition) is 1. The Kier molecular flexibility index (Phi) is 3.04. The molecular weight excluding hydrogens is 268 g/mol. The van der Waals surface area contributed by atoms with Gasteiger partial charge in [0.15, 0.2) is 10.9 Å². The molecule has 2 atom stereocenters. The fourth-order valence-corrected chi connectivity index (χ4v) is 4.22. The third kappa shape index (κ3) is 1.67. The van der Waals surface area contributed by atoms with Crippen LogP contribution in [-0.2, 0) is 5.72 Å². The van der Waals surface area contributed by atoms with Crippen LogP contribution in [0.4, 0.5) is 0 Å². The Morgan fingerprint density at radius 1 is 1.61 bits per heavy atom. The van der Waals surface area contributed by atoms with E-state index >= 15 is 0 Å². The second kappa shape index (κ2) is 4.44. The van der Waals surface area contributed by atoms with Crippen molar-refractivity contribution in [3.63, 3.8) is 0 Å². The highest BCUT2D eigenvalue weighted by Gasteiger charge is 2.52. The van der Waals surface area contributed by atoms with E-state index in [-0.39, 0.29) is 5.25 Å². The molecule has 0 saturated carbocycles. The summed E-state index contributed by atoms with van der Waals surface area (Å²) in [7, 11) is 0. The van der Waals surface area contributed by atoms with Crippen molar-refractivity contribution in [2.75, 3.05) is 13.1 Å². The van der Waals surface area contributed by atoms with Gasteiger partial charge in [0.2, 0.25) is 0 Å². The van der Waals surface area contributed by atoms with Gasteiger partial charge in [0.05, 0.1) is 11.8 Å². The van der Waals surface area contributed by atoms with Crippen LogP contribution in [0, 0.1) is 0 Å². The predicted octanol–water partition coefficient (Wildman–Crippen LogP) is 2.68. The number of fused-ring (bicyclic) bond motifs is 1. The third-order valence-electron chi connectivity index (χ3n) is 3.53. The number of benzene rings is 1. The molecule has 3 nitrogen and oxygen atoms in total. The summed E-state index contributed by atoms with van der Waals surface area (Å²) in [6.07, 6.45) is 0.892. The Morgan fingerprint density at radius 2 is 2.44 bits per heavy atom. The maximum atomic E-state index is 11.2. The van der Waals surface area contributed by atoms with Gasteiger partial charge in [-0.1, -0.05) is 42.4 Å². The number of rotatable bonds is 2. The molecule has 1 N–H and O–H groups in total. The molecular formula is C13H15ClN2OS. The first-order valence-corrected chi connectivity index (χ1v) is 7.39. The zero-order valence-electron chi connectivity index (χ0n) is 10.1. The Labute approximate surface area is 116 Å². The minimum Gasteiger partial charge on any atom is -0.366 e. The van der Waals surface area contributed by atoms with Crippen LogP contribution in [-0.4, -0.2) is 33.5 Å². The molecule has 18 heavy (non-hydrogen) atoms. The summed E-state index contributed by atoms with van der Waals surface area (Å²) in [5.74, 6) is 0. The molecule has 1 saturated heterocycles. The Hall–Kier alpha value is -0.710. The van der Waals surface area contributed by atoms with E-state index in [1.807, 2.05) is 29.2 Å². The average Bonchev–Trinajstić information content (AvgIpc) is 2.92.